The quantitative estimate of drug-likeness (QED) is 0.586. The SMILES string of the molecule is O=C(CNc1ccccc1C(=O)NCc1ccccc1)Nc1cccc(F)c1. The van der Waals surface area contributed by atoms with Crippen molar-refractivity contribution in [2.75, 3.05) is 17.2 Å². The molecule has 0 aliphatic rings. The molecule has 5 nitrogen and oxygen atoms in total. The standard InChI is InChI=1S/C22H20FN3O2/c23-17-9-6-10-18(13-17)26-21(27)15-24-20-12-5-4-11-19(20)22(28)25-14-16-7-2-1-3-8-16/h1-13,24H,14-15H2,(H,25,28)(H,26,27). The smallest absolute Gasteiger partial charge is 0.253 e. The number of para-hydroxylation sites is 1. The zero-order valence-electron chi connectivity index (χ0n) is 15.1. The molecule has 0 spiro atoms. The van der Waals surface area contributed by atoms with Crippen LogP contribution in [0.1, 0.15) is 15.9 Å². The molecule has 0 aromatic heterocycles. The molecule has 0 atom stereocenters. The Labute approximate surface area is 162 Å². The van der Waals surface area contributed by atoms with Crippen molar-refractivity contribution in [3.63, 3.8) is 0 Å². The van der Waals surface area contributed by atoms with Gasteiger partial charge in [-0.2, -0.15) is 0 Å². The Kier molecular flexibility index (Phi) is 6.36. The second-order valence-corrected chi connectivity index (χ2v) is 6.13. The van der Waals surface area contributed by atoms with Gasteiger partial charge in [-0.05, 0) is 35.9 Å². The van der Waals surface area contributed by atoms with E-state index in [0.717, 1.165) is 5.56 Å². The van der Waals surface area contributed by atoms with Crippen molar-refractivity contribution in [2.45, 2.75) is 6.54 Å². The third kappa shape index (κ3) is 5.41. The maximum atomic E-state index is 13.2. The Hall–Kier alpha value is -3.67. The number of benzene rings is 3. The van der Waals surface area contributed by atoms with Gasteiger partial charge in [-0.1, -0.05) is 48.5 Å². The molecule has 0 fully saturated rings. The average molecular weight is 377 g/mol. The van der Waals surface area contributed by atoms with E-state index in [9.17, 15) is 14.0 Å². The Morgan fingerprint density at radius 3 is 2.39 bits per heavy atom. The van der Waals surface area contributed by atoms with Crippen LogP contribution in [0.3, 0.4) is 0 Å². The molecular weight excluding hydrogens is 357 g/mol. The van der Waals surface area contributed by atoms with Crippen molar-refractivity contribution >= 4 is 23.2 Å². The molecule has 28 heavy (non-hydrogen) atoms. The summed E-state index contributed by atoms with van der Waals surface area (Å²) in [7, 11) is 0. The van der Waals surface area contributed by atoms with E-state index >= 15 is 0 Å². The normalized spacial score (nSPS) is 10.2. The number of hydrogen-bond donors (Lipinski definition) is 3. The Morgan fingerprint density at radius 1 is 0.857 bits per heavy atom. The second-order valence-electron chi connectivity index (χ2n) is 6.13. The number of carbonyl (C=O) groups excluding carboxylic acids is 2. The molecule has 3 rings (SSSR count). The zero-order chi connectivity index (χ0) is 19.8. The van der Waals surface area contributed by atoms with Crippen LogP contribution in [0.25, 0.3) is 0 Å². The molecule has 3 aromatic rings. The van der Waals surface area contributed by atoms with E-state index in [1.165, 1.54) is 18.2 Å². The highest BCUT2D eigenvalue weighted by atomic mass is 19.1. The molecule has 0 aliphatic heterocycles. The van der Waals surface area contributed by atoms with Crippen LogP contribution in [0.15, 0.2) is 78.9 Å². The van der Waals surface area contributed by atoms with Crippen molar-refractivity contribution in [2.24, 2.45) is 0 Å². The molecule has 3 aromatic carbocycles. The van der Waals surface area contributed by atoms with Gasteiger partial charge in [-0.15, -0.1) is 0 Å². The summed E-state index contributed by atoms with van der Waals surface area (Å²) in [5.41, 5.74) is 2.36. The van der Waals surface area contributed by atoms with Crippen LogP contribution >= 0.6 is 0 Å². The summed E-state index contributed by atoms with van der Waals surface area (Å²) in [5.74, 6) is -1.01. The van der Waals surface area contributed by atoms with Gasteiger partial charge >= 0.3 is 0 Å². The summed E-state index contributed by atoms with van der Waals surface area (Å²) in [6, 6.07) is 22.2. The minimum atomic E-state index is -0.425. The number of hydrogen-bond acceptors (Lipinski definition) is 3. The van der Waals surface area contributed by atoms with E-state index in [2.05, 4.69) is 16.0 Å². The van der Waals surface area contributed by atoms with Crippen molar-refractivity contribution in [3.05, 3.63) is 95.8 Å². The predicted molar refractivity (Wildman–Crippen MR) is 108 cm³/mol. The van der Waals surface area contributed by atoms with Crippen LogP contribution in [0.4, 0.5) is 15.8 Å². The molecule has 0 heterocycles. The molecule has 6 heteroatoms. The summed E-state index contributed by atoms with van der Waals surface area (Å²) >= 11 is 0. The van der Waals surface area contributed by atoms with Crippen LogP contribution in [0.2, 0.25) is 0 Å². The van der Waals surface area contributed by atoms with Gasteiger partial charge < -0.3 is 16.0 Å². The molecule has 0 saturated carbocycles. The molecule has 0 bridgehead atoms. The van der Waals surface area contributed by atoms with E-state index in [0.29, 0.717) is 23.5 Å². The zero-order valence-corrected chi connectivity index (χ0v) is 15.1. The molecule has 0 saturated heterocycles. The lowest BCUT2D eigenvalue weighted by Gasteiger charge is -2.12. The van der Waals surface area contributed by atoms with E-state index < -0.39 is 5.82 Å². The number of nitrogens with one attached hydrogen (secondary N) is 3. The van der Waals surface area contributed by atoms with E-state index in [1.54, 1.807) is 30.3 Å². The van der Waals surface area contributed by atoms with Gasteiger partial charge in [-0.3, -0.25) is 9.59 Å². The first-order chi connectivity index (χ1) is 13.6. The third-order valence-corrected chi connectivity index (χ3v) is 4.02. The predicted octanol–water partition coefficient (Wildman–Crippen LogP) is 3.81. The largest absolute Gasteiger partial charge is 0.376 e. The maximum Gasteiger partial charge on any atom is 0.253 e. The fraction of sp³-hybridized carbons (Fsp3) is 0.0909. The second kappa shape index (κ2) is 9.32. The van der Waals surface area contributed by atoms with Crippen LogP contribution in [0.5, 0.6) is 0 Å². The Balaban J connectivity index is 1.58. The van der Waals surface area contributed by atoms with Crippen LogP contribution in [-0.2, 0) is 11.3 Å². The Morgan fingerprint density at radius 2 is 1.61 bits per heavy atom. The summed E-state index contributed by atoms with van der Waals surface area (Å²) in [5, 5.41) is 8.43. The molecule has 142 valence electrons. The monoisotopic (exact) mass is 377 g/mol. The van der Waals surface area contributed by atoms with Gasteiger partial charge in [-0.25, -0.2) is 4.39 Å². The lowest BCUT2D eigenvalue weighted by atomic mass is 10.1. The number of carbonyl (C=O) groups is 2. The molecular formula is C22H20FN3O2. The summed E-state index contributed by atoms with van der Waals surface area (Å²) in [6.45, 7) is 0.355. The highest BCUT2D eigenvalue weighted by molar-refractivity contribution is 6.00. The summed E-state index contributed by atoms with van der Waals surface area (Å²) in [4.78, 5) is 24.6. The van der Waals surface area contributed by atoms with Gasteiger partial charge in [0.05, 0.1) is 12.1 Å². The number of amides is 2. The van der Waals surface area contributed by atoms with Gasteiger partial charge in [0.15, 0.2) is 0 Å². The highest BCUT2D eigenvalue weighted by Gasteiger charge is 2.12. The number of rotatable bonds is 7. The van der Waals surface area contributed by atoms with Gasteiger partial charge in [0.2, 0.25) is 5.91 Å². The third-order valence-electron chi connectivity index (χ3n) is 4.02. The lowest BCUT2D eigenvalue weighted by molar-refractivity contribution is -0.114. The first-order valence-corrected chi connectivity index (χ1v) is 8.82. The molecule has 0 unspecified atom stereocenters. The van der Waals surface area contributed by atoms with Crippen molar-refractivity contribution in [3.8, 4) is 0 Å². The van der Waals surface area contributed by atoms with Crippen LogP contribution in [-0.4, -0.2) is 18.4 Å². The van der Waals surface area contributed by atoms with Crippen LogP contribution < -0.4 is 16.0 Å². The number of halogens is 1. The molecule has 0 aliphatic carbocycles. The minimum absolute atomic E-state index is 0.0561. The van der Waals surface area contributed by atoms with Gasteiger partial charge in [0.1, 0.15) is 5.82 Å². The first-order valence-electron chi connectivity index (χ1n) is 8.82. The Bertz CT molecular complexity index is 961. The number of anilines is 2. The fourth-order valence-electron chi connectivity index (χ4n) is 2.66. The van der Waals surface area contributed by atoms with Gasteiger partial charge in [0.25, 0.3) is 5.91 Å². The molecule has 0 radical (unpaired) electrons. The maximum absolute atomic E-state index is 13.2. The lowest BCUT2D eigenvalue weighted by Crippen LogP contribution is -2.26. The van der Waals surface area contributed by atoms with E-state index in [1.807, 2.05) is 30.3 Å². The van der Waals surface area contributed by atoms with Crippen molar-refractivity contribution in [1.29, 1.82) is 0 Å². The van der Waals surface area contributed by atoms with E-state index in [4.69, 9.17) is 0 Å². The van der Waals surface area contributed by atoms with Gasteiger partial charge in [0, 0.05) is 17.9 Å². The van der Waals surface area contributed by atoms with Crippen molar-refractivity contribution in [1.82, 2.24) is 5.32 Å². The topological polar surface area (TPSA) is 70.2 Å². The molecule has 3 N–H and O–H groups in total. The average Bonchev–Trinajstić information content (AvgIpc) is 2.71. The molecule has 2 amide bonds. The first kappa shape index (κ1) is 19.1. The minimum Gasteiger partial charge on any atom is -0.376 e. The van der Waals surface area contributed by atoms with E-state index in [-0.39, 0.29) is 18.4 Å². The highest BCUT2D eigenvalue weighted by Crippen LogP contribution is 2.15. The summed E-state index contributed by atoms with van der Waals surface area (Å²) < 4.78 is 13.2. The summed E-state index contributed by atoms with van der Waals surface area (Å²) in [6.07, 6.45) is 0. The fourth-order valence-corrected chi connectivity index (χ4v) is 2.66. The van der Waals surface area contributed by atoms with Crippen molar-refractivity contribution < 1.29 is 14.0 Å². The van der Waals surface area contributed by atoms with Crippen LogP contribution in [0, 0.1) is 5.82 Å².